The molecule has 0 saturated carbocycles. The summed E-state index contributed by atoms with van der Waals surface area (Å²) < 4.78 is 0. The van der Waals surface area contributed by atoms with Gasteiger partial charge >= 0.3 is 0 Å². The lowest BCUT2D eigenvalue weighted by Crippen LogP contribution is -2.14. The second-order valence-corrected chi connectivity index (χ2v) is 3.50. The summed E-state index contributed by atoms with van der Waals surface area (Å²) in [6.07, 6.45) is 0.917. The van der Waals surface area contributed by atoms with Crippen molar-refractivity contribution in [1.82, 2.24) is 5.32 Å². The van der Waals surface area contributed by atoms with Gasteiger partial charge in [0, 0.05) is 18.2 Å². The van der Waals surface area contributed by atoms with E-state index in [-0.39, 0.29) is 11.4 Å². The zero-order chi connectivity index (χ0) is 12.8. The molecule has 0 aromatic heterocycles. The van der Waals surface area contributed by atoms with Gasteiger partial charge in [-0.05, 0) is 19.0 Å². The number of non-ortho nitro benzene ring substituents is 1. The molecule has 0 saturated heterocycles. The first-order chi connectivity index (χ1) is 8.06. The fraction of sp³-hybridized carbons (Fsp3) is 0.400. The van der Waals surface area contributed by atoms with Crippen LogP contribution in [0.5, 0.6) is 0 Å². The SMILES string of the molecule is CCCNCc1ccc([N+](=O)[O-])cc1[N+](=O)[O-]. The number of benzene rings is 1. The molecule has 0 aliphatic carbocycles. The summed E-state index contributed by atoms with van der Waals surface area (Å²) in [5.74, 6) is 0. The Balaban J connectivity index is 2.96. The van der Waals surface area contributed by atoms with Crippen molar-refractivity contribution in [2.24, 2.45) is 0 Å². The summed E-state index contributed by atoms with van der Waals surface area (Å²) in [6.45, 7) is 3.06. The van der Waals surface area contributed by atoms with E-state index in [0.717, 1.165) is 19.0 Å². The van der Waals surface area contributed by atoms with Gasteiger partial charge in [0.1, 0.15) is 0 Å². The molecule has 0 spiro atoms. The largest absolute Gasteiger partial charge is 0.312 e. The summed E-state index contributed by atoms with van der Waals surface area (Å²) in [6, 6.07) is 3.68. The molecule has 1 aromatic rings. The van der Waals surface area contributed by atoms with Gasteiger partial charge in [0.15, 0.2) is 0 Å². The van der Waals surface area contributed by atoms with E-state index >= 15 is 0 Å². The summed E-state index contributed by atoms with van der Waals surface area (Å²) in [5.41, 5.74) is -0.0344. The molecule has 0 unspecified atom stereocenters. The maximum atomic E-state index is 10.8. The molecule has 0 aliphatic heterocycles. The van der Waals surface area contributed by atoms with Crippen molar-refractivity contribution in [2.45, 2.75) is 19.9 Å². The Hall–Kier alpha value is -2.02. The number of hydrogen-bond donors (Lipinski definition) is 1. The van der Waals surface area contributed by atoms with E-state index in [2.05, 4.69) is 5.32 Å². The third-order valence-corrected chi connectivity index (χ3v) is 2.22. The maximum Gasteiger partial charge on any atom is 0.280 e. The molecule has 0 amide bonds. The zero-order valence-corrected chi connectivity index (χ0v) is 9.38. The van der Waals surface area contributed by atoms with Crippen LogP contribution in [0, 0.1) is 20.2 Å². The van der Waals surface area contributed by atoms with Crippen LogP contribution in [0.1, 0.15) is 18.9 Å². The highest BCUT2D eigenvalue weighted by molar-refractivity contribution is 5.49. The van der Waals surface area contributed by atoms with Crippen LogP contribution in [0.3, 0.4) is 0 Å². The van der Waals surface area contributed by atoms with Crippen molar-refractivity contribution >= 4 is 11.4 Å². The lowest BCUT2D eigenvalue weighted by atomic mass is 10.1. The number of nitrogens with one attached hydrogen (secondary N) is 1. The molecule has 92 valence electrons. The molecule has 0 bridgehead atoms. The first kappa shape index (κ1) is 13.0. The lowest BCUT2D eigenvalue weighted by molar-refractivity contribution is -0.394. The molecule has 0 heterocycles. The Morgan fingerprint density at radius 1 is 1.24 bits per heavy atom. The van der Waals surface area contributed by atoms with Crippen LogP contribution in [0.15, 0.2) is 18.2 Å². The van der Waals surface area contributed by atoms with Crippen LogP contribution in [-0.2, 0) is 6.54 Å². The molecule has 1 rings (SSSR count). The minimum Gasteiger partial charge on any atom is -0.312 e. The Kier molecular flexibility index (Phi) is 4.53. The van der Waals surface area contributed by atoms with Gasteiger partial charge in [-0.3, -0.25) is 20.2 Å². The first-order valence-corrected chi connectivity index (χ1v) is 5.18. The van der Waals surface area contributed by atoms with Crippen molar-refractivity contribution in [2.75, 3.05) is 6.54 Å². The maximum absolute atomic E-state index is 10.8. The van der Waals surface area contributed by atoms with Crippen LogP contribution in [0.4, 0.5) is 11.4 Å². The van der Waals surface area contributed by atoms with E-state index in [1.807, 2.05) is 6.92 Å². The van der Waals surface area contributed by atoms with Crippen LogP contribution >= 0.6 is 0 Å². The van der Waals surface area contributed by atoms with Crippen molar-refractivity contribution < 1.29 is 9.85 Å². The Morgan fingerprint density at radius 2 is 1.94 bits per heavy atom. The topological polar surface area (TPSA) is 98.3 Å². The number of nitro groups is 2. The summed E-state index contributed by atoms with van der Waals surface area (Å²) in [7, 11) is 0. The fourth-order valence-electron chi connectivity index (χ4n) is 1.39. The van der Waals surface area contributed by atoms with E-state index in [9.17, 15) is 20.2 Å². The van der Waals surface area contributed by atoms with Crippen molar-refractivity contribution in [3.8, 4) is 0 Å². The average Bonchev–Trinajstić information content (AvgIpc) is 2.29. The number of nitro benzene ring substituents is 2. The second-order valence-electron chi connectivity index (χ2n) is 3.50. The average molecular weight is 239 g/mol. The molecular formula is C10H13N3O4. The van der Waals surface area contributed by atoms with Crippen molar-refractivity contribution in [3.63, 3.8) is 0 Å². The highest BCUT2D eigenvalue weighted by Crippen LogP contribution is 2.24. The highest BCUT2D eigenvalue weighted by atomic mass is 16.6. The molecular weight excluding hydrogens is 226 g/mol. The van der Waals surface area contributed by atoms with Gasteiger partial charge in [0.2, 0.25) is 0 Å². The molecule has 0 fully saturated rings. The highest BCUT2D eigenvalue weighted by Gasteiger charge is 2.18. The third-order valence-electron chi connectivity index (χ3n) is 2.22. The summed E-state index contributed by atoms with van der Waals surface area (Å²) >= 11 is 0. The van der Waals surface area contributed by atoms with Gasteiger partial charge in [0.25, 0.3) is 11.4 Å². The van der Waals surface area contributed by atoms with E-state index < -0.39 is 9.85 Å². The molecule has 0 atom stereocenters. The van der Waals surface area contributed by atoms with E-state index in [1.165, 1.54) is 12.1 Å². The van der Waals surface area contributed by atoms with Crippen LogP contribution in [0.25, 0.3) is 0 Å². The minimum atomic E-state index is -0.643. The Morgan fingerprint density at radius 3 is 2.47 bits per heavy atom. The standard InChI is InChI=1S/C10H13N3O4/c1-2-5-11-7-8-3-4-9(12(14)15)6-10(8)13(16)17/h3-4,6,11H,2,5,7H2,1H3. The predicted molar refractivity (Wildman–Crippen MR) is 61.7 cm³/mol. The summed E-state index contributed by atoms with van der Waals surface area (Å²) in [5, 5.41) is 24.3. The monoisotopic (exact) mass is 239 g/mol. The lowest BCUT2D eigenvalue weighted by Gasteiger charge is -2.04. The van der Waals surface area contributed by atoms with Crippen molar-refractivity contribution in [1.29, 1.82) is 0 Å². The third kappa shape index (κ3) is 3.49. The van der Waals surface area contributed by atoms with Crippen molar-refractivity contribution in [3.05, 3.63) is 44.0 Å². The summed E-state index contributed by atoms with van der Waals surface area (Å²) in [4.78, 5) is 20.1. The zero-order valence-electron chi connectivity index (χ0n) is 9.38. The molecule has 1 aromatic carbocycles. The first-order valence-electron chi connectivity index (χ1n) is 5.18. The van der Waals surface area contributed by atoms with E-state index in [0.29, 0.717) is 12.1 Å². The number of hydrogen-bond acceptors (Lipinski definition) is 5. The van der Waals surface area contributed by atoms with E-state index in [4.69, 9.17) is 0 Å². The number of nitrogens with zero attached hydrogens (tertiary/aromatic N) is 2. The van der Waals surface area contributed by atoms with Gasteiger partial charge in [-0.25, -0.2) is 0 Å². The molecule has 0 radical (unpaired) electrons. The van der Waals surface area contributed by atoms with E-state index in [1.54, 1.807) is 0 Å². The van der Waals surface area contributed by atoms with Crippen LogP contribution < -0.4 is 5.32 Å². The molecule has 17 heavy (non-hydrogen) atoms. The number of rotatable bonds is 6. The van der Waals surface area contributed by atoms with Crippen LogP contribution in [-0.4, -0.2) is 16.4 Å². The van der Waals surface area contributed by atoms with Gasteiger partial charge in [0.05, 0.1) is 15.9 Å². The quantitative estimate of drug-likeness (QED) is 0.465. The normalized spacial score (nSPS) is 10.2. The smallest absolute Gasteiger partial charge is 0.280 e. The molecule has 7 heteroatoms. The second kappa shape index (κ2) is 5.90. The van der Waals surface area contributed by atoms with Gasteiger partial charge in [-0.1, -0.05) is 6.92 Å². The Bertz CT molecular complexity index is 434. The molecule has 7 nitrogen and oxygen atoms in total. The van der Waals surface area contributed by atoms with Crippen LogP contribution in [0.2, 0.25) is 0 Å². The van der Waals surface area contributed by atoms with Gasteiger partial charge in [-0.15, -0.1) is 0 Å². The van der Waals surface area contributed by atoms with Gasteiger partial charge < -0.3 is 5.32 Å². The van der Waals surface area contributed by atoms with Gasteiger partial charge in [-0.2, -0.15) is 0 Å². The molecule has 0 aliphatic rings. The molecule has 1 N–H and O–H groups in total. The predicted octanol–water partition coefficient (Wildman–Crippen LogP) is 2.00. The fourth-order valence-corrected chi connectivity index (χ4v) is 1.39. The Labute approximate surface area is 97.7 Å². The minimum absolute atomic E-state index is 0.220.